The number of hydrogen-bond donors (Lipinski definition) is 3. The average molecular weight is 254 g/mol. The molecule has 4 nitrogen and oxygen atoms in total. The molecule has 2 aliphatic rings. The van der Waals surface area contributed by atoms with Crippen molar-refractivity contribution in [1.29, 1.82) is 0 Å². The van der Waals surface area contributed by atoms with Gasteiger partial charge < -0.3 is 15.7 Å². The molecule has 2 rings (SSSR count). The summed E-state index contributed by atoms with van der Waals surface area (Å²) in [6.07, 6.45) is 7.01. The van der Waals surface area contributed by atoms with Crippen LogP contribution in [0.2, 0.25) is 0 Å². The van der Waals surface area contributed by atoms with Crippen LogP contribution in [0.1, 0.15) is 51.9 Å². The van der Waals surface area contributed by atoms with E-state index in [4.69, 9.17) is 0 Å². The Balaban J connectivity index is 1.73. The Bertz CT molecular complexity index is 280. The molecule has 1 aliphatic carbocycles. The predicted molar refractivity (Wildman–Crippen MR) is 71.2 cm³/mol. The molecule has 0 aromatic heterocycles. The lowest BCUT2D eigenvalue weighted by Gasteiger charge is -2.36. The van der Waals surface area contributed by atoms with E-state index in [-0.39, 0.29) is 11.9 Å². The van der Waals surface area contributed by atoms with Crippen LogP contribution < -0.4 is 10.6 Å². The van der Waals surface area contributed by atoms with E-state index in [9.17, 15) is 9.90 Å². The van der Waals surface area contributed by atoms with Gasteiger partial charge in [0.25, 0.3) is 0 Å². The maximum Gasteiger partial charge on any atom is 0.237 e. The van der Waals surface area contributed by atoms with Gasteiger partial charge in [0, 0.05) is 6.54 Å². The molecule has 0 radical (unpaired) electrons. The summed E-state index contributed by atoms with van der Waals surface area (Å²) in [5.74, 6) is 0.816. The molecule has 1 saturated carbocycles. The van der Waals surface area contributed by atoms with E-state index in [1.54, 1.807) is 0 Å². The molecule has 1 saturated heterocycles. The Morgan fingerprint density at radius 3 is 2.67 bits per heavy atom. The van der Waals surface area contributed by atoms with Crippen LogP contribution in [0.4, 0.5) is 0 Å². The summed E-state index contributed by atoms with van der Waals surface area (Å²) in [5.41, 5.74) is -0.667. The first-order valence-corrected chi connectivity index (χ1v) is 7.36. The molecule has 3 N–H and O–H groups in total. The minimum Gasteiger partial charge on any atom is -0.388 e. The summed E-state index contributed by atoms with van der Waals surface area (Å²) in [7, 11) is 0. The molecule has 1 unspecified atom stereocenters. The van der Waals surface area contributed by atoms with Crippen LogP contribution in [0.25, 0.3) is 0 Å². The maximum absolute atomic E-state index is 11.9. The molecule has 104 valence electrons. The molecule has 18 heavy (non-hydrogen) atoms. The Morgan fingerprint density at radius 2 is 2.11 bits per heavy atom. The third-order valence-electron chi connectivity index (χ3n) is 4.58. The fourth-order valence-electron chi connectivity index (χ4n) is 3.08. The first kappa shape index (κ1) is 13.8. The largest absolute Gasteiger partial charge is 0.388 e. The fraction of sp³-hybridized carbons (Fsp3) is 0.929. The van der Waals surface area contributed by atoms with E-state index in [0.717, 1.165) is 51.0 Å². The van der Waals surface area contributed by atoms with Crippen LogP contribution in [0, 0.1) is 5.92 Å². The van der Waals surface area contributed by atoms with E-state index >= 15 is 0 Å². The second-order valence-electron chi connectivity index (χ2n) is 5.94. The van der Waals surface area contributed by atoms with Crippen LogP contribution >= 0.6 is 0 Å². The molecule has 1 heterocycles. The van der Waals surface area contributed by atoms with E-state index in [0.29, 0.717) is 6.54 Å². The lowest BCUT2D eigenvalue weighted by molar-refractivity contribution is -0.124. The van der Waals surface area contributed by atoms with Gasteiger partial charge in [0.15, 0.2) is 0 Å². The molecule has 1 amide bonds. The monoisotopic (exact) mass is 254 g/mol. The molecule has 0 aromatic rings. The van der Waals surface area contributed by atoms with E-state index in [1.165, 1.54) is 6.42 Å². The first-order chi connectivity index (χ1) is 8.63. The highest BCUT2D eigenvalue weighted by atomic mass is 16.3. The zero-order chi connectivity index (χ0) is 13.0. The number of nitrogens with one attached hydrogen (secondary N) is 2. The van der Waals surface area contributed by atoms with Crippen molar-refractivity contribution in [2.75, 3.05) is 13.1 Å². The van der Waals surface area contributed by atoms with Crippen molar-refractivity contribution >= 4 is 5.91 Å². The number of amides is 1. The zero-order valence-corrected chi connectivity index (χ0v) is 11.4. The van der Waals surface area contributed by atoms with E-state index in [2.05, 4.69) is 17.6 Å². The van der Waals surface area contributed by atoms with Gasteiger partial charge in [-0.15, -0.1) is 0 Å². The fourth-order valence-corrected chi connectivity index (χ4v) is 3.08. The van der Waals surface area contributed by atoms with Gasteiger partial charge in [0.05, 0.1) is 11.6 Å². The van der Waals surface area contributed by atoms with Crippen LogP contribution in [0.3, 0.4) is 0 Å². The van der Waals surface area contributed by atoms with Crippen LogP contribution in [-0.4, -0.2) is 35.7 Å². The van der Waals surface area contributed by atoms with Crippen molar-refractivity contribution in [2.45, 2.75) is 63.5 Å². The third-order valence-corrected chi connectivity index (χ3v) is 4.58. The minimum absolute atomic E-state index is 0.0411. The van der Waals surface area contributed by atoms with Gasteiger partial charge in [0.2, 0.25) is 5.91 Å². The number of hydrogen-bond acceptors (Lipinski definition) is 3. The first-order valence-electron chi connectivity index (χ1n) is 7.36. The second-order valence-corrected chi connectivity index (χ2v) is 5.94. The molecule has 0 spiro atoms. The lowest BCUT2D eigenvalue weighted by atomic mass is 9.78. The zero-order valence-electron chi connectivity index (χ0n) is 11.4. The van der Waals surface area contributed by atoms with Crippen molar-refractivity contribution < 1.29 is 9.90 Å². The van der Waals surface area contributed by atoms with Gasteiger partial charge in [-0.3, -0.25) is 4.79 Å². The van der Waals surface area contributed by atoms with E-state index < -0.39 is 5.60 Å². The van der Waals surface area contributed by atoms with Gasteiger partial charge in [-0.25, -0.2) is 0 Å². The topological polar surface area (TPSA) is 61.4 Å². The van der Waals surface area contributed by atoms with Gasteiger partial charge in [-0.1, -0.05) is 13.3 Å². The Kier molecular flexibility index (Phi) is 4.62. The smallest absolute Gasteiger partial charge is 0.237 e. The highest BCUT2D eigenvalue weighted by molar-refractivity contribution is 5.82. The normalized spacial score (nSPS) is 36.6. The highest BCUT2D eigenvalue weighted by Crippen LogP contribution is 2.33. The third kappa shape index (κ3) is 3.45. The molecule has 0 aromatic carbocycles. The summed E-state index contributed by atoms with van der Waals surface area (Å²) in [5, 5.41) is 16.5. The standard InChI is InChI=1S/C14H26N2O2/c1-2-11-5-7-14(18,8-6-11)10-16-13(17)12-4-3-9-15-12/h11-12,15,18H,2-10H2,1H3,(H,16,17). The van der Waals surface area contributed by atoms with Crippen molar-refractivity contribution in [3.63, 3.8) is 0 Å². The quantitative estimate of drug-likeness (QED) is 0.706. The molecule has 4 heteroatoms. The molecule has 1 aliphatic heterocycles. The van der Waals surface area contributed by atoms with Gasteiger partial charge in [0.1, 0.15) is 0 Å². The van der Waals surface area contributed by atoms with Gasteiger partial charge >= 0.3 is 0 Å². The molecule has 0 bridgehead atoms. The minimum atomic E-state index is -0.667. The number of carbonyl (C=O) groups is 1. The van der Waals surface area contributed by atoms with Crippen molar-refractivity contribution in [3.8, 4) is 0 Å². The molecule has 2 fully saturated rings. The van der Waals surface area contributed by atoms with Crippen LogP contribution in [0.15, 0.2) is 0 Å². The predicted octanol–water partition coefficient (Wildman–Crippen LogP) is 1.19. The van der Waals surface area contributed by atoms with E-state index in [1.807, 2.05) is 0 Å². The SMILES string of the molecule is CCC1CCC(O)(CNC(=O)C2CCCN2)CC1. The number of rotatable bonds is 4. The summed E-state index contributed by atoms with van der Waals surface area (Å²) in [6, 6.07) is -0.0411. The Morgan fingerprint density at radius 1 is 1.39 bits per heavy atom. The average Bonchev–Trinajstić information content (AvgIpc) is 2.91. The van der Waals surface area contributed by atoms with Gasteiger partial charge in [-0.05, 0) is 51.0 Å². The second kappa shape index (κ2) is 6.02. The summed E-state index contributed by atoms with van der Waals surface area (Å²) < 4.78 is 0. The number of aliphatic hydroxyl groups is 1. The van der Waals surface area contributed by atoms with Crippen molar-refractivity contribution in [2.24, 2.45) is 5.92 Å². The molecular weight excluding hydrogens is 228 g/mol. The van der Waals surface area contributed by atoms with Crippen LogP contribution in [-0.2, 0) is 4.79 Å². The van der Waals surface area contributed by atoms with Crippen molar-refractivity contribution in [3.05, 3.63) is 0 Å². The summed E-state index contributed by atoms with van der Waals surface area (Å²) in [6.45, 7) is 3.56. The van der Waals surface area contributed by atoms with Gasteiger partial charge in [-0.2, -0.15) is 0 Å². The lowest BCUT2D eigenvalue weighted by Crippen LogP contribution is -2.49. The van der Waals surface area contributed by atoms with Crippen LogP contribution in [0.5, 0.6) is 0 Å². The molecular formula is C14H26N2O2. The Labute approximate surface area is 110 Å². The number of carbonyl (C=O) groups excluding carboxylic acids is 1. The Hall–Kier alpha value is -0.610. The molecule has 1 atom stereocenters. The highest BCUT2D eigenvalue weighted by Gasteiger charge is 2.33. The van der Waals surface area contributed by atoms with Crippen molar-refractivity contribution in [1.82, 2.24) is 10.6 Å². The maximum atomic E-state index is 11.9. The summed E-state index contributed by atoms with van der Waals surface area (Å²) >= 11 is 0. The summed E-state index contributed by atoms with van der Waals surface area (Å²) in [4.78, 5) is 11.9.